The molecule has 1 aliphatic carbocycles. The number of piperazine rings is 1. The molecule has 0 amide bonds. The van der Waals surface area contributed by atoms with E-state index in [4.69, 9.17) is 0 Å². The summed E-state index contributed by atoms with van der Waals surface area (Å²) < 4.78 is 13.2. The van der Waals surface area contributed by atoms with Gasteiger partial charge in [-0.15, -0.1) is 5.10 Å². The van der Waals surface area contributed by atoms with Crippen LogP contribution in [0, 0.1) is 17.1 Å². The van der Waals surface area contributed by atoms with Crippen molar-refractivity contribution in [2.24, 2.45) is 0 Å². The monoisotopic (exact) mass is 363 g/mol. The Morgan fingerprint density at radius 2 is 1.78 bits per heavy atom. The second kappa shape index (κ2) is 7.36. The molecule has 2 aromatic rings. The Morgan fingerprint density at radius 3 is 2.37 bits per heavy atom. The summed E-state index contributed by atoms with van der Waals surface area (Å²) in [7, 11) is 0. The molecular weight excluding hydrogens is 341 g/mol. The second-order valence-electron chi connectivity index (χ2n) is 7.16. The van der Waals surface area contributed by atoms with Gasteiger partial charge in [0.05, 0.1) is 11.5 Å². The Balaban J connectivity index is 1.42. The first-order chi connectivity index (χ1) is 13.2. The molecule has 0 saturated carbocycles. The third kappa shape index (κ3) is 3.50. The first-order valence-electron chi connectivity index (χ1n) is 9.34. The van der Waals surface area contributed by atoms with Crippen LogP contribution in [0.25, 0.3) is 0 Å². The van der Waals surface area contributed by atoms with Gasteiger partial charge in [-0.05, 0) is 49.1 Å². The number of rotatable bonds is 3. The van der Waals surface area contributed by atoms with E-state index in [1.807, 2.05) is 12.1 Å². The molecule has 1 fully saturated rings. The lowest BCUT2D eigenvalue weighted by Crippen LogP contribution is -2.47. The van der Waals surface area contributed by atoms with Crippen molar-refractivity contribution in [1.29, 1.82) is 5.26 Å². The molecule has 0 spiro atoms. The van der Waals surface area contributed by atoms with Crippen molar-refractivity contribution in [3.63, 3.8) is 0 Å². The first kappa shape index (κ1) is 17.5. The Kier molecular flexibility index (Phi) is 4.76. The molecule has 4 rings (SSSR count). The highest BCUT2D eigenvalue weighted by Crippen LogP contribution is 2.39. The molecular formula is C21H22FN5. The summed E-state index contributed by atoms with van der Waals surface area (Å²) in [4.78, 5) is 4.67. The molecule has 6 heteroatoms. The minimum atomic E-state index is -0.543. The van der Waals surface area contributed by atoms with Crippen LogP contribution in [0.4, 0.5) is 10.2 Å². The van der Waals surface area contributed by atoms with Gasteiger partial charge in [0.2, 0.25) is 0 Å². The topological polar surface area (TPSA) is 56.1 Å². The summed E-state index contributed by atoms with van der Waals surface area (Å²) >= 11 is 0. The maximum absolute atomic E-state index is 13.2. The molecule has 0 bridgehead atoms. The number of aromatic nitrogens is 2. The van der Waals surface area contributed by atoms with Crippen molar-refractivity contribution in [2.75, 3.05) is 31.1 Å². The zero-order chi connectivity index (χ0) is 18.7. The van der Waals surface area contributed by atoms with E-state index in [-0.39, 0.29) is 5.82 Å². The van der Waals surface area contributed by atoms with E-state index in [0.29, 0.717) is 6.42 Å². The van der Waals surface area contributed by atoms with Crippen LogP contribution in [0.1, 0.15) is 24.8 Å². The van der Waals surface area contributed by atoms with Gasteiger partial charge in [-0.3, -0.25) is 0 Å². The highest BCUT2D eigenvalue weighted by Gasteiger charge is 2.35. The van der Waals surface area contributed by atoms with Gasteiger partial charge in [0, 0.05) is 38.1 Å². The van der Waals surface area contributed by atoms with Crippen molar-refractivity contribution in [3.8, 4) is 6.07 Å². The van der Waals surface area contributed by atoms with Gasteiger partial charge in [0.1, 0.15) is 5.82 Å². The van der Waals surface area contributed by atoms with Crippen LogP contribution in [0.5, 0.6) is 0 Å². The van der Waals surface area contributed by atoms with Crippen LogP contribution in [0.2, 0.25) is 0 Å². The molecule has 1 aliphatic heterocycles. The lowest BCUT2D eigenvalue weighted by atomic mass is 9.72. The van der Waals surface area contributed by atoms with E-state index < -0.39 is 5.41 Å². The SMILES string of the molecule is N#CC1(c2ccc(F)cc2)CC=C(N2CCN(c3cccnn3)CC2)CC1. The molecule has 1 atom stereocenters. The number of halogens is 1. The number of allylic oxidation sites excluding steroid dienone is 2. The molecule has 2 heterocycles. The van der Waals surface area contributed by atoms with E-state index in [1.165, 1.54) is 17.8 Å². The fraction of sp³-hybridized carbons (Fsp3) is 0.381. The fourth-order valence-electron chi connectivity index (χ4n) is 4.01. The van der Waals surface area contributed by atoms with E-state index in [9.17, 15) is 9.65 Å². The summed E-state index contributed by atoms with van der Waals surface area (Å²) in [5, 5.41) is 18.0. The van der Waals surface area contributed by atoms with Gasteiger partial charge in [0.15, 0.2) is 5.82 Å². The number of anilines is 1. The maximum Gasteiger partial charge on any atom is 0.151 e. The fourth-order valence-corrected chi connectivity index (χ4v) is 4.01. The summed E-state index contributed by atoms with van der Waals surface area (Å²) in [5.41, 5.74) is 1.69. The Labute approximate surface area is 158 Å². The molecule has 1 aromatic carbocycles. The summed E-state index contributed by atoms with van der Waals surface area (Å²) in [6, 6.07) is 12.8. The number of hydrogen-bond donors (Lipinski definition) is 0. The largest absolute Gasteiger partial charge is 0.372 e. The lowest BCUT2D eigenvalue weighted by molar-refractivity contribution is 0.291. The third-order valence-electron chi connectivity index (χ3n) is 5.67. The average molecular weight is 363 g/mol. The van der Waals surface area contributed by atoms with Gasteiger partial charge >= 0.3 is 0 Å². The zero-order valence-electron chi connectivity index (χ0n) is 15.2. The summed E-state index contributed by atoms with van der Waals surface area (Å²) in [6.45, 7) is 3.71. The molecule has 2 aliphatic rings. The highest BCUT2D eigenvalue weighted by molar-refractivity contribution is 5.38. The lowest BCUT2D eigenvalue weighted by Gasteiger charge is -2.40. The van der Waals surface area contributed by atoms with Crippen LogP contribution in [-0.2, 0) is 5.41 Å². The van der Waals surface area contributed by atoms with Crippen molar-refractivity contribution in [2.45, 2.75) is 24.7 Å². The smallest absolute Gasteiger partial charge is 0.151 e. The van der Waals surface area contributed by atoms with Gasteiger partial charge in [0.25, 0.3) is 0 Å². The standard InChI is InChI=1S/C21H22FN5/c22-18-5-3-17(4-6-18)21(16-23)9-7-19(8-10-21)26-12-14-27(15-13-26)20-2-1-11-24-25-20/h1-7,11H,8-10,12-15H2. The van der Waals surface area contributed by atoms with Crippen molar-refractivity contribution >= 4 is 5.82 Å². The molecule has 27 heavy (non-hydrogen) atoms. The quantitative estimate of drug-likeness (QED) is 0.838. The number of hydrogen-bond acceptors (Lipinski definition) is 5. The van der Waals surface area contributed by atoms with Crippen molar-refractivity contribution in [1.82, 2.24) is 15.1 Å². The molecule has 1 aromatic heterocycles. The maximum atomic E-state index is 13.2. The molecule has 138 valence electrons. The molecule has 0 N–H and O–H groups in total. The predicted octanol–water partition coefficient (Wildman–Crippen LogP) is 3.27. The van der Waals surface area contributed by atoms with Gasteiger partial charge in [-0.2, -0.15) is 10.4 Å². The van der Waals surface area contributed by atoms with E-state index in [1.54, 1.807) is 18.3 Å². The van der Waals surface area contributed by atoms with Crippen LogP contribution >= 0.6 is 0 Å². The zero-order valence-corrected chi connectivity index (χ0v) is 15.2. The Hall–Kier alpha value is -2.94. The molecule has 1 unspecified atom stereocenters. The van der Waals surface area contributed by atoms with Crippen LogP contribution in [0.3, 0.4) is 0 Å². The summed E-state index contributed by atoms with van der Waals surface area (Å²) in [6.07, 6.45) is 6.21. The van der Waals surface area contributed by atoms with Crippen LogP contribution in [-0.4, -0.2) is 41.3 Å². The number of nitriles is 1. The van der Waals surface area contributed by atoms with Gasteiger partial charge < -0.3 is 9.80 Å². The van der Waals surface area contributed by atoms with Gasteiger partial charge in [-0.1, -0.05) is 18.2 Å². The van der Waals surface area contributed by atoms with Crippen LogP contribution < -0.4 is 4.90 Å². The number of nitrogens with zero attached hydrogens (tertiary/aromatic N) is 5. The summed E-state index contributed by atoms with van der Waals surface area (Å²) in [5.74, 6) is 0.662. The Morgan fingerprint density at radius 1 is 1.04 bits per heavy atom. The molecule has 1 saturated heterocycles. The van der Waals surface area contributed by atoms with E-state index in [2.05, 4.69) is 32.1 Å². The minimum Gasteiger partial charge on any atom is -0.372 e. The highest BCUT2D eigenvalue weighted by atomic mass is 19.1. The third-order valence-corrected chi connectivity index (χ3v) is 5.67. The average Bonchev–Trinajstić information content (AvgIpc) is 2.75. The normalized spacial score (nSPS) is 22.9. The Bertz CT molecular complexity index is 850. The van der Waals surface area contributed by atoms with E-state index >= 15 is 0 Å². The van der Waals surface area contributed by atoms with Gasteiger partial charge in [-0.25, -0.2) is 4.39 Å². The predicted molar refractivity (Wildman–Crippen MR) is 101 cm³/mol. The van der Waals surface area contributed by atoms with Crippen molar-refractivity contribution in [3.05, 3.63) is 65.7 Å². The minimum absolute atomic E-state index is 0.264. The molecule has 0 radical (unpaired) electrons. The number of benzene rings is 1. The van der Waals surface area contributed by atoms with Crippen molar-refractivity contribution < 1.29 is 4.39 Å². The first-order valence-corrected chi connectivity index (χ1v) is 9.34. The second-order valence-corrected chi connectivity index (χ2v) is 7.16. The van der Waals surface area contributed by atoms with Crippen LogP contribution in [0.15, 0.2) is 54.4 Å². The van der Waals surface area contributed by atoms with E-state index in [0.717, 1.165) is 50.4 Å². The molecule has 5 nitrogen and oxygen atoms in total.